The van der Waals surface area contributed by atoms with Gasteiger partial charge in [-0.15, -0.1) is 0 Å². The Kier molecular flexibility index (Phi) is 3.52. The first-order valence-corrected chi connectivity index (χ1v) is 5.76. The van der Waals surface area contributed by atoms with Gasteiger partial charge in [-0.2, -0.15) is 0 Å². The lowest BCUT2D eigenvalue weighted by atomic mass is 10.3. The lowest BCUT2D eigenvalue weighted by Crippen LogP contribution is -2.11. The van der Waals surface area contributed by atoms with Crippen molar-refractivity contribution in [3.8, 4) is 17.4 Å². The monoisotopic (exact) mass is 311 g/mol. The number of methoxy groups -OCH3 is 1. The van der Waals surface area contributed by atoms with Gasteiger partial charge in [0.2, 0.25) is 5.75 Å². The summed E-state index contributed by atoms with van der Waals surface area (Å²) < 4.78 is 11.1. The Hall–Kier alpha value is -2.02. The largest absolute Gasteiger partial charge is 0.487 e. The molecule has 7 heteroatoms. The highest BCUT2D eigenvalue weighted by molar-refractivity contribution is 9.10. The number of hydrogen-bond acceptors (Lipinski definition) is 5. The summed E-state index contributed by atoms with van der Waals surface area (Å²) in [4.78, 5) is 17.8. The SMILES string of the molecule is COc1c(Oc2c(N)cccc2Br)nc[nH]c1=O. The minimum Gasteiger partial charge on any atom is -0.487 e. The highest BCUT2D eigenvalue weighted by Gasteiger charge is 2.14. The van der Waals surface area contributed by atoms with Gasteiger partial charge in [0, 0.05) is 0 Å². The third kappa shape index (κ3) is 2.30. The molecule has 0 aliphatic heterocycles. The van der Waals surface area contributed by atoms with Crippen LogP contribution in [0.15, 0.2) is 33.8 Å². The smallest absolute Gasteiger partial charge is 0.297 e. The zero-order valence-electron chi connectivity index (χ0n) is 9.44. The van der Waals surface area contributed by atoms with Gasteiger partial charge < -0.3 is 20.2 Å². The zero-order valence-corrected chi connectivity index (χ0v) is 11.0. The third-order valence-corrected chi connectivity index (χ3v) is 2.80. The molecule has 1 aromatic carbocycles. The van der Waals surface area contributed by atoms with E-state index in [9.17, 15) is 4.79 Å². The van der Waals surface area contributed by atoms with Crippen molar-refractivity contribution in [3.05, 3.63) is 39.4 Å². The van der Waals surface area contributed by atoms with E-state index in [1.165, 1.54) is 13.4 Å². The summed E-state index contributed by atoms with van der Waals surface area (Å²) in [5, 5.41) is 0. The van der Waals surface area contributed by atoms with Crippen LogP contribution in [-0.2, 0) is 0 Å². The van der Waals surface area contributed by atoms with Gasteiger partial charge in [-0.05, 0) is 28.1 Å². The first-order valence-electron chi connectivity index (χ1n) is 4.97. The molecule has 0 spiro atoms. The van der Waals surface area contributed by atoms with Crippen LogP contribution in [-0.4, -0.2) is 17.1 Å². The van der Waals surface area contributed by atoms with E-state index in [2.05, 4.69) is 25.9 Å². The van der Waals surface area contributed by atoms with Gasteiger partial charge in [0.25, 0.3) is 11.4 Å². The van der Waals surface area contributed by atoms with E-state index in [0.29, 0.717) is 15.9 Å². The number of nitrogens with zero attached hydrogens (tertiary/aromatic N) is 1. The molecule has 0 saturated heterocycles. The number of rotatable bonds is 3. The van der Waals surface area contributed by atoms with Gasteiger partial charge in [-0.3, -0.25) is 4.79 Å². The van der Waals surface area contributed by atoms with Gasteiger partial charge >= 0.3 is 0 Å². The topological polar surface area (TPSA) is 90.2 Å². The molecule has 3 N–H and O–H groups in total. The zero-order chi connectivity index (χ0) is 13.1. The maximum atomic E-state index is 11.5. The second-order valence-electron chi connectivity index (χ2n) is 3.33. The molecule has 94 valence electrons. The Morgan fingerprint density at radius 1 is 1.39 bits per heavy atom. The lowest BCUT2D eigenvalue weighted by Gasteiger charge is -2.11. The van der Waals surface area contributed by atoms with Crippen LogP contribution in [0.1, 0.15) is 0 Å². The first-order chi connectivity index (χ1) is 8.63. The summed E-state index contributed by atoms with van der Waals surface area (Å²) >= 11 is 3.31. The van der Waals surface area contributed by atoms with Crippen LogP contribution >= 0.6 is 15.9 Å². The van der Waals surface area contributed by atoms with Crippen molar-refractivity contribution in [3.63, 3.8) is 0 Å². The number of ether oxygens (including phenoxy) is 2. The number of anilines is 1. The predicted molar refractivity (Wildman–Crippen MR) is 70.0 cm³/mol. The van der Waals surface area contributed by atoms with Crippen molar-refractivity contribution in [1.29, 1.82) is 0 Å². The molecular formula is C11H10BrN3O3. The van der Waals surface area contributed by atoms with Gasteiger partial charge in [0.1, 0.15) is 0 Å². The lowest BCUT2D eigenvalue weighted by molar-refractivity contribution is 0.363. The number of halogens is 1. The van der Waals surface area contributed by atoms with E-state index in [0.717, 1.165) is 0 Å². The third-order valence-electron chi connectivity index (χ3n) is 2.18. The Bertz CT molecular complexity index is 607. The quantitative estimate of drug-likeness (QED) is 0.845. The maximum absolute atomic E-state index is 11.5. The van der Waals surface area contributed by atoms with Crippen molar-refractivity contribution < 1.29 is 9.47 Å². The summed E-state index contributed by atoms with van der Waals surface area (Å²) in [6.45, 7) is 0. The molecule has 0 unspecified atom stereocenters. The van der Waals surface area contributed by atoms with Crippen LogP contribution < -0.4 is 20.8 Å². The Labute approximate surface area is 111 Å². The molecule has 18 heavy (non-hydrogen) atoms. The maximum Gasteiger partial charge on any atom is 0.297 e. The molecule has 2 aromatic rings. The summed E-state index contributed by atoms with van der Waals surface area (Å²) in [6.07, 6.45) is 1.23. The fourth-order valence-electron chi connectivity index (χ4n) is 1.35. The second kappa shape index (κ2) is 5.09. The highest BCUT2D eigenvalue weighted by atomic mass is 79.9. The molecule has 2 rings (SSSR count). The van der Waals surface area contributed by atoms with Crippen molar-refractivity contribution in [2.24, 2.45) is 0 Å². The summed E-state index contributed by atoms with van der Waals surface area (Å²) in [7, 11) is 1.36. The second-order valence-corrected chi connectivity index (χ2v) is 4.18. The van der Waals surface area contributed by atoms with E-state index >= 15 is 0 Å². The van der Waals surface area contributed by atoms with Crippen molar-refractivity contribution in [2.45, 2.75) is 0 Å². The van der Waals surface area contributed by atoms with E-state index in [1.807, 2.05) is 0 Å². The summed E-state index contributed by atoms with van der Waals surface area (Å²) in [5.41, 5.74) is 5.79. The molecule has 1 aromatic heterocycles. The number of hydrogen-bond donors (Lipinski definition) is 2. The van der Waals surface area contributed by atoms with E-state index in [4.69, 9.17) is 15.2 Å². The predicted octanol–water partition coefficient (Wildman–Crippen LogP) is 1.92. The van der Waals surface area contributed by atoms with Gasteiger partial charge in [0.15, 0.2) is 5.75 Å². The molecule has 0 atom stereocenters. The van der Waals surface area contributed by atoms with Crippen molar-refractivity contribution in [2.75, 3.05) is 12.8 Å². The van der Waals surface area contributed by atoms with Crippen LogP contribution in [0, 0.1) is 0 Å². The number of aromatic amines is 1. The number of benzene rings is 1. The highest BCUT2D eigenvalue weighted by Crippen LogP contribution is 2.35. The van der Waals surface area contributed by atoms with Crippen LogP contribution in [0.3, 0.4) is 0 Å². The number of aromatic nitrogens is 2. The molecule has 0 radical (unpaired) electrons. The van der Waals surface area contributed by atoms with Crippen LogP contribution in [0.4, 0.5) is 5.69 Å². The molecule has 1 heterocycles. The summed E-state index contributed by atoms with van der Waals surface area (Å²) in [6, 6.07) is 5.22. The number of H-pyrrole nitrogens is 1. The Morgan fingerprint density at radius 3 is 2.83 bits per heavy atom. The molecule has 0 amide bonds. The van der Waals surface area contributed by atoms with Gasteiger partial charge in [-0.1, -0.05) is 6.07 Å². The van der Waals surface area contributed by atoms with Crippen molar-refractivity contribution >= 4 is 21.6 Å². The number of para-hydroxylation sites is 1. The van der Waals surface area contributed by atoms with E-state index in [-0.39, 0.29) is 11.6 Å². The first kappa shape index (κ1) is 12.4. The molecule has 0 aliphatic carbocycles. The van der Waals surface area contributed by atoms with Gasteiger partial charge in [0.05, 0.1) is 23.6 Å². The number of nitrogen functional groups attached to an aromatic ring is 1. The van der Waals surface area contributed by atoms with Crippen LogP contribution in [0.2, 0.25) is 0 Å². The standard InChI is InChI=1S/C11H10BrN3O3/c1-17-9-10(16)14-5-15-11(9)18-8-6(12)3-2-4-7(8)13/h2-5H,13H2,1H3,(H,14,15,16). The van der Waals surface area contributed by atoms with Crippen LogP contribution in [0.25, 0.3) is 0 Å². The van der Waals surface area contributed by atoms with E-state index < -0.39 is 5.56 Å². The molecule has 6 nitrogen and oxygen atoms in total. The molecule has 0 fully saturated rings. The molecular weight excluding hydrogens is 302 g/mol. The average Bonchev–Trinajstić information content (AvgIpc) is 2.34. The minimum absolute atomic E-state index is 0.00680. The summed E-state index contributed by atoms with van der Waals surface area (Å²) in [5.74, 6) is 0.432. The van der Waals surface area contributed by atoms with Crippen molar-refractivity contribution in [1.82, 2.24) is 9.97 Å². The minimum atomic E-state index is -0.423. The average molecular weight is 312 g/mol. The fraction of sp³-hybridized carbons (Fsp3) is 0.0909. The molecule has 0 saturated carbocycles. The Morgan fingerprint density at radius 2 is 2.17 bits per heavy atom. The fourth-order valence-corrected chi connectivity index (χ4v) is 1.82. The van der Waals surface area contributed by atoms with E-state index in [1.54, 1.807) is 18.2 Å². The van der Waals surface area contributed by atoms with Crippen LogP contribution in [0.5, 0.6) is 17.4 Å². The molecule has 0 bridgehead atoms. The van der Waals surface area contributed by atoms with Gasteiger partial charge in [-0.25, -0.2) is 4.98 Å². The normalized spacial score (nSPS) is 10.1. The number of nitrogens with two attached hydrogens (primary N) is 1. The Balaban J connectivity index is 2.47. The number of nitrogens with one attached hydrogen (secondary N) is 1. The molecule has 0 aliphatic rings.